The fourth-order valence-corrected chi connectivity index (χ4v) is 0.650. The first-order valence-electron chi connectivity index (χ1n) is 0.848. The van der Waals surface area contributed by atoms with Gasteiger partial charge in [-0.2, -0.15) is 0 Å². The molecule has 0 N–H and O–H groups in total. The summed E-state index contributed by atoms with van der Waals surface area (Å²) in [5.74, 6) is 0. The van der Waals surface area contributed by atoms with Crippen molar-refractivity contribution in [2.75, 3.05) is 0 Å². The van der Waals surface area contributed by atoms with Gasteiger partial charge in [0.1, 0.15) is 0 Å². The van der Waals surface area contributed by atoms with Crippen LogP contribution in [0.15, 0.2) is 0 Å². The lowest BCUT2D eigenvalue weighted by Crippen LogP contribution is -1.96. The van der Waals surface area contributed by atoms with Crippen LogP contribution in [0.3, 0.4) is 0 Å². The van der Waals surface area contributed by atoms with Crippen LogP contribution < -0.4 is 0 Å². The quantitative estimate of drug-likeness (QED) is 0.408. The highest BCUT2D eigenvalue weighted by molar-refractivity contribution is 6.33. The van der Waals surface area contributed by atoms with Crippen molar-refractivity contribution in [3.8, 4) is 0 Å². The zero-order valence-corrected chi connectivity index (χ0v) is 5.55. The van der Waals surface area contributed by atoms with Gasteiger partial charge in [-0.25, -0.2) is 0 Å². The van der Waals surface area contributed by atoms with E-state index in [4.69, 9.17) is 0 Å². The van der Waals surface area contributed by atoms with E-state index in [9.17, 15) is 0 Å². The zero-order valence-electron chi connectivity index (χ0n) is 2.39. The molecule has 0 bridgehead atoms. The Bertz CT molecular complexity index is 12.4. The normalized spacial score (nSPS) is 8.40. The second-order valence-electron chi connectivity index (χ2n) is 0.303. The van der Waals surface area contributed by atoms with Crippen molar-refractivity contribution in [3.63, 3.8) is 0 Å². The maximum Gasteiger partial charge on any atom is 0.409 e. The van der Waals surface area contributed by atoms with Crippen LogP contribution in [0.25, 0.3) is 0 Å². The molecule has 0 aliphatic carbocycles. The fourth-order valence-electron chi connectivity index (χ4n) is 0.0241. The Morgan fingerprint density at radius 1 is 1.80 bits per heavy atom. The summed E-state index contributed by atoms with van der Waals surface area (Å²) >= 11 is 0. The molecule has 0 aliphatic rings. The Balaban J connectivity index is 2.19. The minimum absolute atomic E-state index is 0.0741. The van der Waals surface area contributed by atoms with Crippen LogP contribution in [0.1, 0.15) is 0 Å². The molecule has 25 valence electrons. The van der Waals surface area contributed by atoms with Crippen molar-refractivity contribution in [3.05, 3.63) is 0 Å². The molecule has 0 amide bonds. The molecule has 2 nitrogen and oxygen atoms in total. The third kappa shape index (κ3) is 4.57. The molecule has 0 heterocycles. The van der Waals surface area contributed by atoms with Gasteiger partial charge < -0.3 is 8.23 Å². The van der Waals surface area contributed by atoms with Crippen LogP contribution in [-0.4, -0.2) is 31.0 Å². The van der Waals surface area contributed by atoms with E-state index < -0.39 is 0 Å². The molecular formula is HO2Si3. The third-order valence-corrected chi connectivity index (χ3v) is 0.808. The fraction of sp³-hybridized carbons (Fsp3) is 0. The lowest BCUT2D eigenvalue weighted by Gasteiger charge is -1.82. The van der Waals surface area contributed by atoms with Gasteiger partial charge in [-0.1, -0.05) is 0 Å². The van der Waals surface area contributed by atoms with Crippen LogP contribution in [0.2, 0.25) is 0 Å². The molecule has 0 atom stereocenters. The predicted molar refractivity (Wildman–Crippen MR) is 20.8 cm³/mol. The maximum atomic E-state index is 4.36. The van der Waals surface area contributed by atoms with Crippen molar-refractivity contribution in [2.45, 2.75) is 0 Å². The lowest BCUT2D eigenvalue weighted by atomic mass is 15.8. The first-order valence-corrected chi connectivity index (χ1v) is 2.54. The van der Waals surface area contributed by atoms with E-state index >= 15 is 0 Å². The molecule has 0 saturated heterocycles. The Kier molecular flexibility index (Phi) is 5.09. The Labute approximate surface area is 40.0 Å². The summed E-state index contributed by atoms with van der Waals surface area (Å²) < 4.78 is 8.65. The van der Waals surface area contributed by atoms with Gasteiger partial charge >= 0.3 is 10.0 Å². The van der Waals surface area contributed by atoms with Crippen molar-refractivity contribution in [1.82, 2.24) is 0 Å². The number of rotatable bonds is 2. The number of hydrogen-bond donors (Lipinski definition) is 0. The minimum Gasteiger partial charge on any atom is -0.438 e. The summed E-state index contributed by atoms with van der Waals surface area (Å²) in [5.41, 5.74) is 0. The molecule has 0 aromatic carbocycles. The summed E-state index contributed by atoms with van der Waals surface area (Å²) in [7, 11) is 4.85. The average molecular weight is 117 g/mol. The van der Waals surface area contributed by atoms with Gasteiger partial charge in [0, 0.05) is 0 Å². The van der Waals surface area contributed by atoms with E-state index in [1.807, 2.05) is 0 Å². The molecule has 5 heteroatoms. The standard InChI is InChI=1S/HO2Si3/c3-1-5-2-4/h3H. The Morgan fingerprint density at radius 2 is 2.40 bits per heavy atom. The van der Waals surface area contributed by atoms with Crippen molar-refractivity contribution in [2.24, 2.45) is 0 Å². The van der Waals surface area contributed by atoms with Gasteiger partial charge in [0.2, 0.25) is 10.5 Å². The largest absolute Gasteiger partial charge is 0.438 e. The van der Waals surface area contributed by atoms with Gasteiger partial charge in [0.15, 0.2) is 10.5 Å². The lowest BCUT2D eigenvalue weighted by molar-refractivity contribution is 0.513. The molecule has 0 spiro atoms. The topological polar surface area (TPSA) is 18.5 Å². The third-order valence-electron chi connectivity index (χ3n) is 0.0898. The summed E-state index contributed by atoms with van der Waals surface area (Å²) in [6.45, 7) is 0. The van der Waals surface area contributed by atoms with Crippen LogP contribution in [0.5, 0.6) is 0 Å². The van der Waals surface area contributed by atoms with Crippen LogP contribution in [-0.2, 0) is 8.23 Å². The second-order valence-corrected chi connectivity index (χ2v) is 2.23. The molecular weight excluding hydrogens is 116 g/mol. The van der Waals surface area contributed by atoms with Gasteiger partial charge in [-0.05, 0) is 0 Å². The van der Waals surface area contributed by atoms with Gasteiger partial charge in [-0.15, -0.1) is 0 Å². The Hall–Kier alpha value is 0.571. The van der Waals surface area contributed by atoms with E-state index in [0.717, 1.165) is 0 Å². The van der Waals surface area contributed by atoms with Crippen LogP contribution in [0, 0.1) is 0 Å². The summed E-state index contributed by atoms with van der Waals surface area (Å²) in [6.07, 6.45) is 0. The number of hydrogen-bond acceptors (Lipinski definition) is 2. The SMILES string of the molecule is [Si]O[Si]O[SiH]. The van der Waals surface area contributed by atoms with Crippen LogP contribution in [0.4, 0.5) is 0 Å². The zero-order chi connectivity index (χ0) is 4.12. The van der Waals surface area contributed by atoms with Crippen molar-refractivity contribution < 1.29 is 8.23 Å². The average Bonchev–Trinajstić information content (AvgIpc) is 1.41. The van der Waals surface area contributed by atoms with Crippen LogP contribution >= 0.6 is 0 Å². The smallest absolute Gasteiger partial charge is 0.409 e. The van der Waals surface area contributed by atoms with Crippen molar-refractivity contribution >= 4 is 31.0 Å². The van der Waals surface area contributed by atoms with E-state index in [2.05, 4.69) is 29.2 Å². The molecule has 0 fully saturated rings. The summed E-state index contributed by atoms with van der Waals surface area (Å²) in [4.78, 5) is 0. The summed E-state index contributed by atoms with van der Waals surface area (Å²) in [5, 5.41) is 0. The molecule has 0 rings (SSSR count). The molecule has 0 aliphatic heterocycles. The predicted octanol–water partition coefficient (Wildman–Crippen LogP) is -1.55. The summed E-state index contributed by atoms with van der Waals surface area (Å²) in [6, 6.07) is 0. The van der Waals surface area contributed by atoms with Crippen molar-refractivity contribution in [1.29, 1.82) is 0 Å². The van der Waals surface area contributed by atoms with E-state index in [0.29, 0.717) is 0 Å². The molecule has 0 unspecified atom stereocenters. The highest BCUT2D eigenvalue weighted by atomic mass is 28.3. The first kappa shape index (κ1) is 5.57. The molecule has 7 radical (unpaired) electrons. The highest BCUT2D eigenvalue weighted by Gasteiger charge is 1.73. The molecule has 5 heavy (non-hydrogen) atoms. The van der Waals surface area contributed by atoms with E-state index in [-0.39, 0.29) is 10.0 Å². The molecule has 0 saturated carbocycles. The van der Waals surface area contributed by atoms with Gasteiger partial charge in [-0.3, -0.25) is 0 Å². The second kappa shape index (κ2) is 4.57. The van der Waals surface area contributed by atoms with Gasteiger partial charge in [0.25, 0.3) is 0 Å². The first-order chi connectivity index (χ1) is 2.41. The van der Waals surface area contributed by atoms with E-state index in [1.165, 1.54) is 0 Å². The molecule has 0 aromatic heterocycles. The van der Waals surface area contributed by atoms with E-state index in [1.54, 1.807) is 0 Å². The maximum absolute atomic E-state index is 4.36. The minimum atomic E-state index is 0.0741. The van der Waals surface area contributed by atoms with Gasteiger partial charge in [0.05, 0.1) is 0 Å². The molecule has 0 aromatic rings. The monoisotopic (exact) mass is 117 g/mol. The Morgan fingerprint density at radius 3 is 2.40 bits per heavy atom. The highest BCUT2D eigenvalue weighted by Crippen LogP contribution is 1.52.